The predicted molar refractivity (Wildman–Crippen MR) is 116 cm³/mol. The molecule has 1 saturated heterocycles. The topological polar surface area (TPSA) is 66.5 Å². The number of carbonyl (C=O) groups excluding carboxylic acids is 1. The number of amides is 1. The van der Waals surface area contributed by atoms with Gasteiger partial charge in [-0.15, -0.1) is 11.3 Å². The molecule has 0 saturated carbocycles. The Labute approximate surface area is 177 Å². The summed E-state index contributed by atoms with van der Waals surface area (Å²) in [7, 11) is -3.51. The van der Waals surface area contributed by atoms with Crippen LogP contribution < -0.4 is 4.72 Å². The van der Waals surface area contributed by atoms with E-state index in [-0.39, 0.29) is 16.8 Å². The van der Waals surface area contributed by atoms with E-state index in [0.717, 1.165) is 17.7 Å². The Kier molecular flexibility index (Phi) is 6.37. The summed E-state index contributed by atoms with van der Waals surface area (Å²) in [5, 5.41) is 0. The largest absolute Gasteiger partial charge is 0.338 e. The monoisotopic (exact) mass is 432 g/mol. The summed E-state index contributed by atoms with van der Waals surface area (Å²) < 4.78 is 27.8. The summed E-state index contributed by atoms with van der Waals surface area (Å²) in [4.78, 5) is 17.4. The number of nitrogens with zero attached hydrogens (tertiary/aromatic N) is 1. The Morgan fingerprint density at radius 2 is 1.69 bits per heavy atom. The van der Waals surface area contributed by atoms with E-state index in [1.165, 1.54) is 36.1 Å². The van der Waals surface area contributed by atoms with Gasteiger partial charge in [0.15, 0.2) is 0 Å². The van der Waals surface area contributed by atoms with Crippen molar-refractivity contribution in [2.24, 2.45) is 0 Å². The Balaban J connectivity index is 1.36. The average molecular weight is 433 g/mol. The highest BCUT2D eigenvalue weighted by Gasteiger charge is 2.28. The van der Waals surface area contributed by atoms with Gasteiger partial charge < -0.3 is 4.90 Å². The summed E-state index contributed by atoms with van der Waals surface area (Å²) in [6, 6.07) is 10.4. The van der Waals surface area contributed by atoms with Crippen LogP contribution in [0, 0.1) is 0 Å². The number of thiophene rings is 1. The molecule has 2 aromatic rings. The number of sulfonamides is 1. The summed E-state index contributed by atoms with van der Waals surface area (Å²) in [5.41, 5.74) is 1.36. The number of benzene rings is 1. The van der Waals surface area contributed by atoms with Crippen LogP contribution in [-0.4, -0.2) is 38.4 Å². The number of nitrogens with one attached hydrogen (secondary N) is 1. The third-order valence-electron chi connectivity index (χ3n) is 5.86. The van der Waals surface area contributed by atoms with Crippen LogP contribution in [0.15, 0.2) is 41.3 Å². The molecule has 156 valence electrons. The SMILES string of the molecule is O=C(c1cc2c(s1)CCCCCC2)N1CCC(NS(=O)(=O)c2ccccc2)CC1. The minimum atomic E-state index is -3.51. The van der Waals surface area contributed by atoms with Gasteiger partial charge >= 0.3 is 0 Å². The van der Waals surface area contributed by atoms with Gasteiger partial charge in [-0.3, -0.25) is 4.79 Å². The van der Waals surface area contributed by atoms with Gasteiger partial charge in [0.2, 0.25) is 10.0 Å². The highest BCUT2D eigenvalue weighted by Crippen LogP contribution is 2.30. The lowest BCUT2D eigenvalue weighted by molar-refractivity contribution is 0.0716. The number of hydrogen-bond acceptors (Lipinski definition) is 4. The third-order valence-corrected chi connectivity index (χ3v) is 8.63. The van der Waals surface area contributed by atoms with Gasteiger partial charge in [0.05, 0.1) is 9.77 Å². The van der Waals surface area contributed by atoms with Crippen molar-refractivity contribution in [3.05, 3.63) is 51.7 Å². The van der Waals surface area contributed by atoms with E-state index in [4.69, 9.17) is 0 Å². The molecule has 2 aliphatic rings. The molecule has 29 heavy (non-hydrogen) atoms. The number of hydrogen-bond donors (Lipinski definition) is 1. The maximum Gasteiger partial charge on any atom is 0.263 e. The molecule has 1 aliphatic heterocycles. The summed E-state index contributed by atoms with van der Waals surface area (Å²) in [6.07, 6.45) is 8.46. The smallest absolute Gasteiger partial charge is 0.263 e. The number of likely N-dealkylation sites (tertiary alicyclic amines) is 1. The van der Waals surface area contributed by atoms with Crippen molar-refractivity contribution in [2.75, 3.05) is 13.1 Å². The fourth-order valence-electron chi connectivity index (χ4n) is 4.19. The highest BCUT2D eigenvalue weighted by atomic mass is 32.2. The second kappa shape index (κ2) is 8.98. The van der Waals surface area contributed by atoms with Crippen LogP contribution >= 0.6 is 11.3 Å². The van der Waals surface area contributed by atoms with E-state index in [2.05, 4.69) is 10.8 Å². The summed E-state index contributed by atoms with van der Waals surface area (Å²) in [5.74, 6) is 0.103. The van der Waals surface area contributed by atoms with Gasteiger partial charge in [-0.05, 0) is 62.3 Å². The van der Waals surface area contributed by atoms with Crippen molar-refractivity contribution in [1.82, 2.24) is 9.62 Å². The number of piperidine rings is 1. The quantitative estimate of drug-likeness (QED) is 0.794. The molecule has 1 aromatic carbocycles. The van der Waals surface area contributed by atoms with Gasteiger partial charge in [0.25, 0.3) is 5.91 Å². The zero-order chi connectivity index (χ0) is 20.3. The van der Waals surface area contributed by atoms with Gasteiger partial charge in [0, 0.05) is 24.0 Å². The first kappa shape index (κ1) is 20.6. The van der Waals surface area contributed by atoms with E-state index in [1.807, 2.05) is 4.90 Å². The van der Waals surface area contributed by atoms with Crippen LogP contribution in [0.1, 0.15) is 58.6 Å². The van der Waals surface area contributed by atoms with Crippen LogP contribution in [0.5, 0.6) is 0 Å². The molecule has 0 bridgehead atoms. The third kappa shape index (κ3) is 4.90. The van der Waals surface area contributed by atoms with Crippen LogP contribution in [-0.2, 0) is 22.9 Å². The van der Waals surface area contributed by atoms with Crippen LogP contribution in [0.2, 0.25) is 0 Å². The number of carbonyl (C=O) groups is 1. The minimum Gasteiger partial charge on any atom is -0.338 e. The Morgan fingerprint density at radius 3 is 2.41 bits per heavy atom. The standard InChI is InChI=1S/C22H28N2O3S2/c25-22(21-16-17-8-4-1-2-7-11-20(17)28-21)24-14-12-18(13-15-24)23-29(26,27)19-9-5-3-6-10-19/h3,5-6,9-10,16,18,23H,1-2,4,7-8,11-15H2. The summed E-state index contributed by atoms with van der Waals surface area (Å²) in [6.45, 7) is 1.17. The lowest BCUT2D eigenvalue weighted by atomic mass is 9.99. The molecule has 1 aromatic heterocycles. The molecule has 1 amide bonds. The minimum absolute atomic E-state index is 0.103. The first-order valence-electron chi connectivity index (χ1n) is 10.5. The Bertz CT molecular complexity index is 920. The van der Waals surface area contributed by atoms with E-state index in [1.54, 1.807) is 41.7 Å². The average Bonchev–Trinajstić information content (AvgIpc) is 3.10. The molecule has 1 aliphatic carbocycles. The first-order valence-corrected chi connectivity index (χ1v) is 12.8. The van der Waals surface area contributed by atoms with Crippen LogP contribution in [0.25, 0.3) is 0 Å². The molecule has 0 atom stereocenters. The van der Waals surface area contributed by atoms with Crippen molar-refractivity contribution < 1.29 is 13.2 Å². The lowest BCUT2D eigenvalue weighted by Gasteiger charge is -2.32. The molecule has 0 unspecified atom stereocenters. The molecule has 1 N–H and O–H groups in total. The molecular weight excluding hydrogens is 404 g/mol. The van der Waals surface area contributed by atoms with E-state index in [9.17, 15) is 13.2 Å². The molecule has 7 heteroatoms. The van der Waals surface area contributed by atoms with Crippen LogP contribution in [0.3, 0.4) is 0 Å². The molecule has 2 heterocycles. The van der Waals surface area contributed by atoms with Crippen molar-refractivity contribution in [2.45, 2.75) is 62.3 Å². The second-order valence-corrected chi connectivity index (χ2v) is 10.8. The predicted octanol–water partition coefficient (Wildman–Crippen LogP) is 3.99. The van der Waals surface area contributed by atoms with Crippen molar-refractivity contribution >= 4 is 27.3 Å². The van der Waals surface area contributed by atoms with E-state index >= 15 is 0 Å². The van der Waals surface area contributed by atoms with Crippen LogP contribution in [0.4, 0.5) is 0 Å². The Hall–Kier alpha value is -1.70. The van der Waals surface area contributed by atoms with E-state index < -0.39 is 10.0 Å². The molecule has 5 nitrogen and oxygen atoms in total. The van der Waals surface area contributed by atoms with Gasteiger partial charge in [-0.2, -0.15) is 0 Å². The maximum atomic E-state index is 13.0. The molecule has 4 rings (SSSR count). The summed E-state index contributed by atoms with van der Waals surface area (Å²) >= 11 is 1.67. The highest BCUT2D eigenvalue weighted by molar-refractivity contribution is 7.89. The lowest BCUT2D eigenvalue weighted by Crippen LogP contribution is -2.46. The fraction of sp³-hybridized carbons (Fsp3) is 0.500. The first-order chi connectivity index (χ1) is 14.0. The molecule has 0 spiro atoms. The van der Waals surface area contributed by atoms with E-state index in [0.29, 0.717) is 25.9 Å². The fourth-order valence-corrected chi connectivity index (χ4v) is 6.74. The van der Waals surface area contributed by atoms with Gasteiger partial charge in [0.1, 0.15) is 0 Å². The second-order valence-electron chi connectivity index (χ2n) is 7.97. The van der Waals surface area contributed by atoms with Crippen molar-refractivity contribution in [3.8, 4) is 0 Å². The normalized spacial score (nSPS) is 18.7. The molecule has 1 fully saturated rings. The number of fused-ring (bicyclic) bond motifs is 1. The Morgan fingerprint density at radius 1 is 1.00 bits per heavy atom. The van der Waals surface area contributed by atoms with Gasteiger partial charge in [-0.25, -0.2) is 13.1 Å². The zero-order valence-corrected chi connectivity index (χ0v) is 18.2. The zero-order valence-electron chi connectivity index (χ0n) is 16.6. The van der Waals surface area contributed by atoms with Gasteiger partial charge in [-0.1, -0.05) is 31.0 Å². The molecule has 0 radical (unpaired) electrons. The van der Waals surface area contributed by atoms with Crippen molar-refractivity contribution in [1.29, 1.82) is 0 Å². The number of aryl methyl sites for hydroxylation is 2. The number of rotatable bonds is 4. The van der Waals surface area contributed by atoms with Crippen molar-refractivity contribution in [3.63, 3.8) is 0 Å². The maximum absolute atomic E-state index is 13.0. The molecular formula is C22H28N2O3S2.